The van der Waals surface area contributed by atoms with Gasteiger partial charge in [0, 0.05) is 23.6 Å². The van der Waals surface area contributed by atoms with Gasteiger partial charge in [0.2, 0.25) is 5.91 Å². The Balaban J connectivity index is 2.10. The van der Waals surface area contributed by atoms with Crippen molar-refractivity contribution >= 4 is 11.6 Å². The third-order valence-electron chi connectivity index (χ3n) is 4.16. The molecule has 0 radical (unpaired) electrons. The van der Waals surface area contributed by atoms with E-state index >= 15 is 0 Å². The van der Waals surface area contributed by atoms with Crippen LogP contribution in [0.25, 0.3) is 0 Å². The maximum absolute atomic E-state index is 12.4. The van der Waals surface area contributed by atoms with Gasteiger partial charge in [0.25, 0.3) is 0 Å². The van der Waals surface area contributed by atoms with Crippen LogP contribution in [0.5, 0.6) is 0 Å². The standard InChI is InChI=1S/C18H23NO2/c1-13-6-5-8-16(13)18(21)19-17-12-15(7-3-4-11-20)10-9-14(17)2/h9-10,12-13,16,20H,4-6,8,11H2,1-2H3,(H,19,21). The molecule has 1 saturated carbocycles. The van der Waals surface area contributed by atoms with E-state index in [4.69, 9.17) is 5.11 Å². The van der Waals surface area contributed by atoms with E-state index in [1.165, 1.54) is 0 Å². The van der Waals surface area contributed by atoms with Crippen LogP contribution < -0.4 is 5.32 Å². The molecule has 3 heteroatoms. The van der Waals surface area contributed by atoms with Crippen LogP contribution in [0, 0.1) is 30.6 Å². The SMILES string of the molecule is Cc1ccc(C#CCCO)cc1NC(=O)C1CCCC1C. The molecule has 21 heavy (non-hydrogen) atoms. The topological polar surface area (TPSA) is 49.3 Å². The summed E-state index contributed by atoms with van der Waals surface area (Å²) in [6.07, 6.45) is 3.74. The number of hydrogen-bond acceptors (Lipinski definition) is 2. The van der Waals surface area contributed by atoms with Crippen LogP contribution in [0.2, 0.25) is 0 Å². The summed E-state index contributed by atoms with van der Waals surface area (Å²) in [5, 5.41) is 11.8. The van der Waals surface area contributed by atoms with Gasteiger partial charge in [-0.2, -0.15) is 0 Å². The van der Waals surface area contributed by atoms with Gasteiger partial charge in [-0.3, -0.25) is 4.79 Å². The van der Waals surface area contributed by atoms with Gasteiger partial charge in [-0.05, 0) is 43.4 Å². The number of rotatable bonds is 3. The van der Waals surface area contributed by atoms with Crippen molar-refractivity contribution in [1.82, 2.24) is 0 Å². The van der Waals surface area contributed by atoms with Crippen molar-refractivity contribution in [3.63, 3.8) is 0 Å². The lowest BCUT2D eigenvalue weighted by molar-refractivity contribution is -0.120. The molecule has 1 aromatic carbocycles. The fraction of sp³-hybridized carbons (Fsp3) is 0.500. The largest absolute Gasteiger partial charge is 0.395 e. The summed E-state index contributed by atoms with van der Waals surface area (Å²) in [5.41, 5.74) is 2.75. The van der Waals surface area contributed by atoms with Crippen molar-refractivity contribution in [2.75, 3.05) is 11.9 Å². The van der Waals surface area contributed by atoms with Crippen LogP contribution in [0.3, 0.4) is 0 Å². The van der Waals surface area contributed by atoms with Crippen molar-refractivity contribution in [1.29, 1.82) is 0 Å². The molecule has 0 aliphatic heterocycles. The number of aliphatic hydroxyl groups excluding tert-OH is 1. The summed E-state index contributed by atoms with van der Waals surface area (Å²) in [5.74, 6) is 6.64. The first-order chi connectivity index (χ1) is 10.1. The van der Waals surface area contributed by atoms with E-state index in [0.29, 0.717) is 12.3 Å². The first kappa shape index (κ1) is 15.6. The van der Waals surface area contributed by atoms with Crippen LogP contribution in [0.1, 0.15) is 43.7 Å². The fourth-order valence-corrected chi connectivity index (χ4v) is 2.82. The average molecular weight is 285 g/mol. The lowest BCUT2D eigenvalue weighted by Crippen LogP contribution is -2.24. The second-order valence-corrected chi connectivity index (χ2v) is 5.81. The van der Waals surface area contributed by atoms with Crippen molar-refractivity contribution in [3.05, 3.63) is 29.3 Å². The van der Waals surface area contributed by atoms with E-state index in [2.05, 4.69) is 24.1 Å². The summed E-state index contributed by atoms with van der Waals surface area (Å²) < 4.78 is 0. The third-order valence-corrected chi connectivity index (χ3v) is 4.16. The number of anilines is 1. The monoisotopic (exact) mass is 285 g/mol. The van der Waals surface area contributed by atoms with Gasteiger partial charge >= 0.3 is 0 Å². The Morgan fingerprint density at radius 3 is 2.90 bits per heavy atom. The number of aliphatic hydroxyl groups is 1. The van der Waals surface area contributed by atoms with Crippen molar-refractivity contribution in [3.8, 4) is 11.8 Å². The normalized spacial score (nSPS) is 20.7. The van der Waals surface area contributed by atoms with Crippen LogP contribution >= 0.6 is 0 Å². The predicted molar refractivity (Wildman–Crippen MR) is 84.9 cm³/mol. The molecular weight excluding hydrogens is 262 g/mol. The summed E-state index contributed by atoms with van der Waals surface area (Å²) >= 11 is 0. The van der Waals surface area contributed by atoms with E-state index in [1.807, 2.05) is 25.1 Å². The predicted octanol–water partition coefficient (Wildman–Crippen LogP) is 3.10. The maximum atomic E-state index is 12.4. The van der Waals surface area contributed by atoms with Gasteiger partial charge in [-0.1, -0.05) is 31.3 Å². The Morgan fingerprint density at radius 2 is 2.24 bits per heavy atom. The van der Waals surface area contributed by atoms with Crippen molar-refractivity contribution < 1.29 is 9.90 Å². The summed E-state index contributed by atoms with van der Waals surface area (Å²) in [6.45, 7) is 4.21. The number of benzene rings is 1. The first-order valence-corrected chi connectivity index (χ1v) is 7.63. The quantitative estimate of drug-likeness (QED) is 0.838. The van der Waals surface area contributed by atoms with Gasteiger partial charge in [0.15, 0.2) is 0 Å². The molecule has 112 valence electrons. The minimum Gasteiger partial charge on any atom is -0.395 e. The number of carbonyl (C=O) groups excluding carboxylic acids is 1. The zero-order valence-corrected chi connectivity index (χ0v) is 12.8. The Kier molecular flexibility index (Phi) is 5.41. The van der Waals surface area contributed by atoms with E-state index in [9.17, 15) is 4.79 Å². The Morgan fingerprint density at radius 1 is 1.43 bits per heavy atom. The van der Waals surface area contributed by atoms with Gasteiger partial charge in [0.1, 0.15) is 0 Å². The minimum absolute atomic E-state index is 0.0715. The van der Waals surface area contributed by atoms with E-state index < -0.39 is 0 Å². The Bertz CT molecular complexity index is 568. The molecule has 3 nitrogen and oxygen atoms in total. The lowest BCUT2D eigenvalue weighted by atomic mass is 9.97. The van der Waals surface area contributed by atoms with Gasteiger partial charge in [-0.15, -0.1) is 0 Å². The second-order valence-electron chi connectivity index (χ2n) is 5.81. The molecule has 0 saturated heterocycles. The Hall–Kier alpha value is -1.79. The molecule has 1 fully saturated rings. The lowest BCUT2D eigenvalue weighted by Gasteiger charge is -2.16. The summed E-state index contributed by atoms with van der Waals surface area (Å²) in [7, 11) is 0. The molecule has 1 amide bonds. The molecule has 1 aliphatic carbocycles. The highest BCUT2D eigenvalue weighted by atomic mass is 16.2. The second kappa shape index (κ2) is 7.28. The molecule has 0 heterocycles. The molecule has 1 aromatic rings. The number of carbonyl (C=O) groups is 1. The molecule has 2 rings (SSSR count). The van der Waals surface area contributed by atoms with Crippen molar-refractivity contribution in [2.45, 2.75) is 39.5 Å². The summed E-state index contributed by atoms with van der Waals surface area (Å²) in [6, 6.07) is 5.82. The average Bonchev–Trinajstić information content (AvgIpc) is 2.89. The number of nitrogens with one attached hydrogen (secondary N) is 1. The highest BCUT2D eigenvalue weighted by Gasteiger charge is 2.29. The number of amides is 1. The smallest absolute Gasteiger partial charge is 0.227 e. The summed E-state index contributed by atoms with van der Waals surface area (Å²) in [4.78, 5) is 12.4. The van der Waals surface area contributed by atoms with E-state index in [-0.39, 0.29) is 18.4 Å². The van der Waals surface area contributed by atoms with Crippen LogP contribution in [0.15, 0.2) is 18.2 Å². The first-order valence-electron chi connectivity index (χ1n) is 7.63. The molecule has 2 N–H and O–H groups in total. The van der Waals surface area contributed by atoms with Gasteiger partial charge in [0.05, 0.1) is 6.61 Å². The van der Waals surface area contributed by atoms with Crippen LogP contribution in [-0.2, 0) is 4.79 Å². The zero-order valence-electron chi connectivity index (χ0n) is 12.8. The van der Waals surface area contributed by atoms with Crippen LogP contribution in [-0.4, -0.2) is 17.6 Å². The molecular formula is C18H23NO2. The van der Waals surface area contributed by atoms with E-state index in [0.717, 1.165) is 36.1 Å². The molecule has 0 bridgehead atoms. The molecule has 0 aromatic heterocycles. The molecule has 2 atom stereocenters. The number of aryl methyl sites for hydroxylation is 1. The Labute approximate surface area is 126 Å². The van der Waals surface area contributed by atoms with E-state index in [1.54, 1.807) is 0 Å². The number of hydrogen-bond donors (Lipinski definition) is 2. The van der Waals surface area contributed by atoms with Gasteiger partial charge < -0.3 is 10.4 Å². The van der Waals surface area contributed by atoms with Crippen molar-refractivity contribution in [2.24, 2.45) is 11.8 Å². The third kappa shape index (κ3) is 4.09. The van der Waals surface area contributed by atoms with Crippen LogP contribution in [0.4, 0.5) is 5.69 Å². The zero-order chi connectivity index (χ0) is 15.2. The maximum Gasteiger partial charge on any atom is 0.227 e. The highest BCUT2D eigenvalue weighted by Crippen LogP contribution is 2.32. The highest BCUT2D eigenvalue weighted by molar-refractivity contribution is 5.93. The fourth-order valence-electron chi connectivity index (χ4n) is 2.82. The molecule has 1 aliphatic rings. The minimum atomic E-state index is 0.0715. The molecule has 0 spiro atoms. The van der Waals surface area contributed by atoms with Gasteiger partial charge in [-0.25, -0.2) is 0 Å². The molecule has 2 unspecified atom stereocenters.